The van der Waals surface area contributed by atoms with Crippen LogP contribution in [0.2, 0.25) is 0 Å². The smallest absolute Gasteiger partial charge is 0.268 e. The number of methoxy groups -OCH3 is 2. The molecule has 3 rings (SSSR count). The molecule has 0 bridgehead atoms. The second-order valence-electron chi connectivity index (χ2n) is 6.03. The number of rotatable bonds is 7. The summed E-state index contributed by atoms with van der Waals surface area (Å²) in [6.07, 6.45) is 3.97. The molecular weight excluding hydrogens is 386 g/mol. The van der Waals surface area contributed by atoms with E-state index < -0.39 is 5.91 Å². The summed E-state index contributed by atoms with van der Waals surface area (Å²) in [5.74, 6) is 0.577. The summed E-state index contributed by atoms with van der Waals surface area (Å²) < 4.78 is 10.5. The Bertz CT molecular complexity index is 1070. The van der Waals surface area contributed by atoms with Crippen LogP contribution in [-0.2, 0) is 11.2 Å². The van der Waals surface area contributed by atoms with Gasteiger partial charge in [0.1, 0.15) is 11.6 Å². The summed E-state index contributed by atoms with van der Waals surface area (Å²) in [6.45, 7) is 0. The van der Waals surface area contributed by atoms with E-state index in [0.717, 1.165) is 11.3 Å². The van der Waals surface area contributed by atoms with Crippen molar-refractivity contribution in [2.24, 2.45) is 0 Å². The van der Waals surface area contributed by atoms with Gasteiger partial charge in [0, 0.05) is 17.5 Å². The van der Waals surface area contributed by atoms with Gasteiger partial charge in [0.05, 0.1) is 14.2 Å². The minimum atomic E-state index is -0.511. The Morgan fingerprint density at radius 1 is 1.17 bits per heavy atom. The maximum Gasteiger partial charge on any atom is 0.268 e. The maximum absolute atomic E-state index is 12.5. The molecule has 146 valence electrons. The summed E-state index contributed by atoms with van der Waals surface area (Å²) >= 11 is 1.39. The van der Waals surface area contributed by atoms with Crippen LogP contribution in [0.15, 0.2) is 60.3 Å². The van der Waals surface area contributed by atoms with Crippen molar-refractivity contribution in [2.45, 2.75) is 6.42 Å². The molecule has 0 fully saturated rings. The number of carbonyl (C=O) groups excluding carboxylic acids is 1. The van der Waals surface area contributed by atoms with Crippen molar-refractivity contribution in [3.05, 3.63) is 76.3 Å². The van der Waals surface area contributed by atoms with Gasteiger partial charge < -0.3 is 9.47 Å². The van der Waals surface area contributed by atoms with Crippen LogP contribution in [0.4, 0.5) is 5.13 Å². The average molecular weight is 405 g/mol. The molecule has 1 N–H and O–H groups in total. The Hall–Kier alpha value is -3.63. The van der Waals surface area contributed by atoms with E-state index >= 15 is 0 Å². The Morgan fingerprint density at radius 3 is 2.62 bits per heavy atom. The number of hydrogen-bond donors (Lipinski definition) is 1. The lowest BCUT2D eigenvalue weighted by atomic mass is 10.1. The highest BCUT2D eigenvalue weighted by Gasteiger charge is 2.13. The first kappa shape index (κ1) is 20.1. The third kappa shape index (κ3) is 5.21. The van der Waals surface area contributed by atoms with Crippen molar-refractivity contribution in [1.29, 1.82) is 5.26 Å². The zero-order chi connectivity index (χ0) is 20.6. The summed E-state index contributed by atoms with van der Waals surface area (Å²) in [5.41, 5.74) is 1.79. The Morgan fingerprint density at radius 2 is 1.93 bits per heavy atom. The average Bonchev–Trinajstić information content (AvgIpc) is 3.18. The number of hydrogen-bond acceptors (Lipinski definition) is 6. The molecule has 0 aliphatic rings. The molecule has 0 saturated carbocycles. The molecular formula is C22H19N3O3S. The van der Waals surface area contributed by atoms with Gasteiger partial charge in [0.25, 0.3) is 5.91 Å². The third-order valence-electron chi connectivity index (χ3n) is 4.08. The van der Waals surface area contributed by atoms with Gasteiger partial charge in [-0.3, -0.25) is 10.1 Å². The minimum absolute atomic E-state index is 0.0305. The first-order valence-corrected chi connectivity index (χ1v) is 9.58. The quantitative estimate of drug-likeness (QED) is 0.468. The Kier molecular flexibility index (Phi) is 6.61. The number of aromatic nitrogens is 1. The molecule has 7 heteroatoms. The number of nitriles is 1. The summed E-state index contributed by atoms with van der Waals surface area (Å²) in [7, 11) is 3.07. The second-order valence-corrected chi connectivity index (χ2v) is 7.15. The predicted molar refractivity (Wildman–Crippen MR) is 113 cm³/mol. The van der Waals surface area contributed by atoms with Crippen LogP contribution in [0.3, 0.4) is 0 Å². The molecule has 1 amide bonds. The molecule has 2 aromatic carbocycles. The van der Waals surface area contributed by atoms with Crippen LogP contribution in [0.5, 0.6) is 11.5 Å². The number of carbonyl (C=O) groups is 1. The number of thiazole rings is 1. The van der Waals surface area contributed by atoms with Crippen LogP contribution in [0.25, 0.3) is 6.08 Å². The molecule has 3 aromatic rings. The van der Waals surface area contributed by atoms with E-state index in [1.54, 1.807) is 31.5 Å². The third-order valence-corrected chi connectivity index (χ3v) is 4.99. The highest BCUT2D eigenvalue weighted by atomic mass is 32.1. The van der Waals surface area contributed by atoms with E-state index in [-0.39, 0.29) is 5.57 Å². The Balaban J connectivity index is 1.72. The molecule has 1 aromatic heterocycles. The minimum Gasteiger partial charge on any atom is -0.493 e. The molecule has 0 saturated heterocycles. The first-order chi connectivity index (χ1) is 14.1. The lowest BCUT2D eigenvalue weighted by Crippen LogP contribution is -2.13. The molecule has 0 aliphatic heterocycles. The van der Waals surface area contributed by atoms with E-state index in [0.29, 0.717) is 22.2 Å². The second kappa shape index (κ2) is 9.53. The standard InChI is InChI=1S/C22H19N3O3S/c1-27-19-9-8-16(12-20(19)28-2)10-17(13-23)21(26)25-22-24-14-18(29-22)11-15-6-4-3-5-7-15/h3-10,12,14H,11H2,1-2H3,(H,24,25,26)/b17-10-. The summed E-state index contributed by atoms with van der Waals surface area (Å²) in [6, 6.07) is 17.1. The fourth-order valence-electron chi connectivity index (χ4n) is 2.67. The number of amides is 1. The lowest BCUT2D eigenvalue weighted by molar-refractivity contribution is -0.112. The van der Waals surface area contributed by atoms with Crippen LogP contribution in [0, 0.1) is 11.3 Å². The van der Waals surface area contributed by atoms with Gasteiger partial charge >= 0.3 is 0 Å². The van der Waals surface area contributed by atoms with Crippen LogP contribution >= 0.6 is 11.3 Å². The molecule has 0 spiro atoms. The molecule has 29 heavy (non-hydrogen) atoms. The van der Waals surface area contributed by atoms with Crippen molar-refractivity contribution in [3.8, 4) is 17.6 Å². The number of anilines is 1. The monoisotopic (exact) mass is 405 g/mol. The molecule has 6 nitrogen and oxygen atoms in total. The highest BCUT2D eigenvalue weighted by Crippen LogP contribution is 2.28. The van der Waals surface area contributed by atoms with Gasteiger partial charge in [-0.05, 0) is 29.3 Å². The van der Waals surface area contributed by atoms with Gasteiger partial charge in [-0.2, -0.15) is 5.26 Å². The lowest BCUT2D eigenvalue weighted by Gasteiger charge is -2.08. The van der Waals surface area contributed by atoms with Crippen LogP contribution < -0.4 is 14.8 Å². The van der Waals surface area contributed by atoms with Crippen molar-refractivity contribution >= 4 is 28.5 Å². The summed E-state index contributed by atoms with van der Waals surface area (Å²) in [4.78, 5) is 17.8. The number of nitrogens with zero attached hydrogens (tertiary/aromatic N) is 2. The molecule has 0 radical (unpaired) electrons. The number of nitrogens with one attached hydrogen (secondary N) is 1. The largest absolute Gasteiger partial charge is 0.493 e. The van der Waals surface area contributed by atoms with Gasteiger partial charge in [-0.25, -0.2) is 4.98 Å². The van der Waals surface area contributed by atoms with E-state index in [4.69, 9.17) is 9.47 Å². The van der Waals surface area contributed by atoms with E-state index in [2.05, 4.69) is 10.3 Å². The van der Waals surface area contributed by atoms with E-state index in [1.165, 1.54) is 30.1 Å². The molecule has 0 unspecified atom stereocenters. The van der Waals surface area contributed by atoms with Crippen molar-refractivity contribution in [3.63, 3.8) is 0 Å². The highest BCUT2D eigenvalue weighted by molar-refractivity contribution is 7.15. The van der Waals surface area contributed by atoms with Gasteiger partial charge in [0.15, 0.2) is 16.6 Å². The van der Waals surface area contributed by atoms with Crippen LogP contribution in [-0.4, -0.2) is 25.1 Å². The van der Waals surface area contributed by atoms with Crippen molar-refractivity contribution in [2.75, 3.05) is 19.5 Å². The number of ether oxygens (including phenoxy) is 2. The van der Waals surface area contributed by atoms with Crippen LogP contribution in [0.1, 0.15) is 16.0 Å². The normalized spacial score (nSPS) is 10.9. The maximum atomic E-state index is 12.5. The Labute approximate surface area is 173 Å². The van der Waals surface area contributed by atoms with Crippen molar-refractivity contribution < 1.29 is 14.3 Å². The van der Waals surface area contributed by atoms with E-state index in [1.807, 2.05) is 36.4 Å². The van der Waals surface area contributed by atoms with Gasteiger partial charge in [-0.15, -0.1) is 11.3 Å². The van der Waals surface area contributed by atoms with E-state index in [9.17, 15) is 10.1 Å². The summed E-state index contributed by atoms with van der Waals surface area (Å²) in [5, 5.41) is 12.6. The zero-order valence-electron chi connectivity index (χ0n) is 16.0. The molecule has 0 aliphatic carbocycles. The topological polar surface area (TPSA) is 84.2 Å². The van der Waals surface area contributed by atoms with Gasteiger partial charge in [0.2, 0.25) is 0 Å². The SMILES string of the molecule is COc1ccc(/C=C(/C#N)C(=O)Nc2ncc(Cc3ccccc3)s2)cc1OC. The first-order valence-electron chi connectivity index (χ1n) is 8.76. The number of benzene rings is 2. The molecule has 1 heterocycles. The fraction of sp³-hybridized carbons (Fsp3) is 0.136. The fourth-order valence-corrected chi connectivity index (χ4v) is 3.51. The van der Waals surface area contributed by atoms with Gasteiger partial charge in [-0.1, -0.05) is 36.4 Å². The molecule has 0 atom stereocenters. The van der Waals surface area contributed by atoms with Crippen molar-refractivity contribution in [1.82, 2.24) is 4.98 Å². The predicted octanol–water partition coefficient (Wildman–Crippen LogP) is 4.30. The zero-order valence-corrected chi connectivity index (χ0v) is 16.8.